The molecule has 3 rings (SSSR count). The van der Waals surface area contributed by atoms with Gasteiger partial charge >= 0.3 is 0 Å². The van der Waals surface area contributed by atoms with Gasteiger partial charge in [-0.2, -0.15) is 0 Å². The van der Waals surface area contributed by atoms with Crippen molar-refractivity contribution in [3.63, 3.8) is 0 Å². The van der Waals surface area contributed by atoms with Gasteiger partial charge in [0.25, 0.3) is 10.0 Å². The molecular weight excluding hydrogens is 360 g/mol. The van der Waals surface area contributed by atoms with E-state index in [2.05, 4.69) is 26.4 Å². The molecule has 0 bridgehead atoms. The van der Waals surface area contributed by atoms with E-state index in [4.69, 9.17) is 0 Å². The second-order valence-corrected chi connectivity index (χ2v) is 8.78. The summed E-state index contributed by atoms with van der Waals surface area (Å²) in [6.07, 6.45) is 1.74. The SMILES string of the molecule is CCN1CCN(c2ccc(NS(=O)(=O)c3c(C)cc(C)cc3C)nc2)CC1. The van der Waals surface area contributed by atoms with E-state index < -0.39 is 10.0 Å². The number of hydrogen-bond donors (Lipinski definition) is 1. The molecule has 1 saturated heterocycles. The number of benzene rings is 1. The largest absolute Gasteiger partial charge is 0.368 e. The molecule has 0 amide bonds. The summed E-state index contributed by atoms with van der Waals surface area (Å²) in [5, 5.41) is 0. The first kappa shape index (κ1) is 19.6. The zero-order valence-corrected chi connectivity index (χ0v) is 17.3. The van der Waals surface area contributed by atoms with Crippen molar-refractivity contribution in [3.8, 4) is 0 Å². The Labute approximate surface area is 162 Å². The molecule has 6 nitrogen and oxygen atoms in total. The van der Waals surface area contributed by atoms with Crippen molar-refractivity contribution in [2.24, 2.45) is 0 Å². The third-order valence-electron chi connectivity index (χ3n) is 5.04. The van der Waals surface area contributed by atoms with Gasteiger partial charge in [-0.1, -0.05) is 24.6 Å². The lowest BCUT2D eigenvalue weighted by atomic mass is 10.1. The Morgan fingerprint density at radius 3 is 2.19 bits per heavy atom. The maximum absolute atomic E-state index is 12.8. The van der Waals surface area contributed by atoms with Crippen molar-refractivity contribution in [1.29, 1.82) is 0 Å². The highest BCUT2D eigenvalue weighted by molar-refractivity contribution is 7.92. The van der Waals surface area contributed by atoms with Crippen molar-refractivity contribution in [2.45, 2.75) is 32.6 Å². The molecule has 1 fully saturated rings. The highest BCUT2D eigenvalue weighted by Crippen LogP contribution is 2.24. The molecule has 146 valence electrons. The minimum atomic E-state index is -3.67. The van der Waals surface area contributed by atoms with Gasteiger partial charge in [0.15, 0.2) is 0 Å². The van der Waals surface area contributed by atoms with Gasteiger partial charge in [-0.3, -0.25) is 4.72 Å². The third-order valence-corrected chi connectivity index (χ3v) is 6.70. The van der Waals surface area contributed by atoms with E-state index in [0.29, 0.717) is 10.7 Å². The molecular formula is C20H28N4O2S. The van der Waals surface area contributed by atoms with Gasteiger partial charge in [-0.15, -0.1) is 0 Å². The van der Waals surface area contributed by atoms with Crippen molar-refractivity contribution < 1.29 is 8.42 Å². The number of rotatable bonds is 5. The first-order valence-corrected chi connectivity index (χ1v) is 10.8. The Balaban J connectivity index is 1.75. The van der Waals surface area contributed by atoms with Gasteiger partial charge < -0.3 is 9.80 Å². The Bertz CT molecular complexity index is 879. The lowest BCUT2D eigenvalue weighted by molar-refractivity contribution is 0.271. The van der Waals surface area contributed by atoms with E-state index in [0.717, 1.165) is 55.1 Å². The molecule has 1 aromatic carbocycles. The molecule has 0 radical (unpaired) electrons. The summed E-state index contributed by atoms with van der Waals surface area (Å²) >= 11 is 0. The molecule has 2 heterocycles. The van der Waals surface area contributed by atoms with Crippen molar-refractivity contribution in [2.75, 3.05) is 42.3 Å². The number of pyridine rings is 1. The summed E-state index contributed by atoms with van der Waals surface area (Å²) in [5.74, 6) is 0.338. The maximum atomic E-state index is 12.8. The van der Waals surface area contributed by atoms with Crippen molar-refractivity contribution in [3.05, 3.63) is 47.2 Å². The van der Waals surface area contributed by atoms with Crippen LogP contribution in [-0.4, -0.2) is 51.0 Å². The molecule has 7 heteroatoms. The molecule has 0 atom stereocenters. The van der Waals surface area contributed by atoms with Gasteiger partial charge in [0.05, 0.1) is 16.8 Å². The van der Waals surface area contributed by atoms with E-state index in [9.17, 15) is 8.42 Å². The minimum Gasteiger partial charge on any atom is -0.368 e. The summed E-state index contributed by atoms with van der Waals surface area (Å²) in [6, 6.07) is 7.43. The average molecular weight is 389 g/mol. The second kappa shape index (κ2) is 7.86. The number of likely N-dealkylation sites (N-methyl/N-ethyl adjacent to an activating group) is 1. The van der Waals surface area contributed by atoms with E-state index in [1.54, 1.807) is 12.3 Å². The quantitative estimate of drug-likeness (QED) is 0.853. The molecule has 27 heavy (non-hydrogen) atoms. The van der Waals surface area contributed by atoms with Crippen molar-refractivity contribution >= 4 is 21.5 Å². The highest BCUT2D eigenvalue weighted by Gasteiger charge is 2.21. The summed E-state index contributed by atoms with van der Waals surface area (Å²) < 4.78 is 28.3. The molecule has 0 saturated carbocycles. The highest BCUT2D eigenvalue weighted by atomic mass is 32.2. The first-order valence-electron chi connectivity index (χ1n) is 9.34. The fourth-order valence-corrected chi connectivity index (χ4v) is 5.20. The molecule has 0 spiro atoms. The summed E-state index contributed by atoms with van der Waals surface area (Å²) in [6.45, 7) is 12.9. The van der Waals surface area contributed by atoms with E-state index in [-0.39, 0.29) is 0 Å². The Kier molecular flexibility index (Phi) is 5.72. The Morgan fingerprint density at radius 2 is 1.67 bits per heavy atom. The van der Waals surface area contributed by atoms with Crippen LogP contribution in [-0.2, 0) is 10.0 Å². The van der Waals surface area contributed by atoms with E-state index in [1.165, 1.54) is 0 Å². The van der Waals surface area contributed by atoms with Crippen molar-refractivity contribution in [1.82, 2.24) is 9.88 Å². The second-order valence-electron chi connectivity index (χ2n) is 7.16. The Morgan fingerprint density at radius 1 is 1.04 bits per heavy atom. The van der Waals surface area contributed by atoms with Crippen LogP contribution in [0.3, 0.4) is 0 Å². The third kappa shape index (κ3) is 4.42. The number of anilines is 2. The van der Waals surface area contributed by atoms with E-state index >= 15 is 0 Å². The monoisotopic (exact) mass is 388 g/mol. The van der Waals surface area contributed by atoms with Gasteiger partial charge in [0.1, 0.15) is 5.82 Å². The number of piperazine rings is 1. The van der Waals surface area contributed by atoms with Gasteiger partial charge in [-0.25, -0.2) is 13.4 Å². The molecule has 0 unspecified atom stereocenters. The van der Waals surface area contributed by atoms with Gasteiger partial charge in [0, 0.05) is 26.2 Å². The van der Waals surface area contributed by atoms with Crippen LogP contribution in [0.15, 0.2) is 35.4 Å². The fourth-order valence-electron chi connectivity index (χ4n) is 3.74. The smallest absolute Gasteiger partial charge is 0.263 e. The lowest BCUT2D eigenvalue weighted by Crippen LogP contribution is -2.46. The molecule has 1 aliphatic rings. The van der Waals surface area contributed by atoms with E-state index in [1.807, 2.05) is 39.0 Å². The standard InChI is InChI=1S/C20H28N4O2S/c1-5-23-8-10-24(11-9-23)18-6-7-19(21-14-18)22-27(25,26)20-16(3)12-15(2)13-17(20)4/h6-7,12-14H,5,8-11H2,1-4H3,(H,21,22). The summed E-state index contributed by atoms with van der Waals surface area (Å²) in [4.78, 5) is 9.36. The molecule has 1 N–H and O–H groups in total. The fraction of sp³-hybridized carbons (Fsp3) is 0.450. The molecule has 0 aliphatic carbocycles. The van der Waals surface area contributed by atoms with Crippen LogP contribution in [0.5, 0.6) is 0 Å². The van der Waals surface area contributed by atoms with Crippen LogP contribution in [0, 0.1) is 20.8 Å². The minimum absolute atomic E-state index is 0.328. The number of aromatic nitrogens is 1. The number of sulfonamides is 1. The number of nitrogens with zero attached hydrogens (tertiary/aromatic N) is 3. The van der Waals surface area contributed by atoms with Crippen LogP contribution < -0.4 is 9.62 Å². The number of nitrogens with one attached hydrogen (secondary N) is 1. The average Bonchev–Trinajstić information content (AvgIpc) is 2.61. The number of aryl methyl sites for hydroxylation is 3. The predicted molar refractivity (Wildman–Crippen MR) is 110 cm³/mol. The molecule has 2 aromatic rings. The normalized spacial score (nSPS) is 15.8. The summed E-state index contributed by atoms with van der Waals surface area (Å²) in [7, 11) is -3.67. The lowest BCUT2D eigenvalue weighted by Gasteiger charge is -2.35. The maximum Gasteiger partial charge on any atom is 0.263 e. The number of hydrogen-bond acceptors (Lipinski definition) is 5. The van der Waals surface area contributed by atoms with Crippen LogP contribution in [0.4, 0.5) is 11.5 Å². The first-order chi connectivity index (χ1) is 12.8. The summed E-state index contributed by atoms with van der Waals surface area (Å²) in [5.41, 5.74) is 3.56. The zero-order valence-electron chi connectivity index (χ0n) is 16.5. The van der Waals surface area contributed by atoms with Crippen LogP contribution >= 0.6 is 0 Å². The molecule has 1 aromatic heterocycles. The topological polar surface area (TPSA) is 65.5 Å². The predicted octanol–water partition coefficient (Wildman–Crippen LogP) is 2.95. The van der Waals surface area contributed by atoms with Crippen LogP contribution in [0.1, 0.15) is 23.6 Å². The molecule has 1 aliphatic heterocycles. The zero-order chi connectivity index (χ0) is 19.6. The van der Waals surface area contributed by atoms with Gasteiger partial charge in [-0.05, 0) is 50.6 Å². The van der Waals surface area contributed by atoms with Crippen LogP contribution in [0.25, 0.3) is 0 Å². The van der Waals surface area contributed by atoms with Crippen LogP contribution in [0.2, 0.25) is 0 Å². The van der Waals surface area contributed by atoms with Gasteiger partial charge in [0.2, 0.25) is 0 Å². The Hall–Kier alpha value is -2.12.